The minimum atomic E-state index is -5.18. The summed E-state index contributed by atoms with van der Waals surface area (Å²) >= 11 is 0. The first-order valence-electron chi connectivity index (χ1n) is 19.3. The lowest BCUT2D eigenvalue weighted by atomic mass is 9.99. The summed E-state index contributed by atoms with van der Waals surface area (Å²) in [7, 11) is -4.00. The van der Waals surface area contributed by atoms with Crippen molar-refractivity contribution in [2.24, 2.45) is 0 Å². The average Bonchev–Trinajstić information content (AvgIpc) is 3.46. The second-order valence-corrected chi connectivity index (χ2v) is 16.6. The maximum Gasteiger partial charge on any atom is 0.471 e. The van der Waals surface area contributed by atoms with E-state index in [1.165, 1.54) is 68.2 Å². The number of aromatic nitrogens is 2. The molecule has 1 aromatic heterocycles. The Balaban J connectivity index is 1.27. The minimum Gasteiger partial charge on any atom is -0.361 e. The second-order valence-electron chi connectivity index (χ2n) is 14.6. The summed E-state index contributed by atoms with van der Waals surface area (Å²) in [5.74, 6) is -3.72. The lowest BCUT2D eigenvalue weighted by molar-refractivity contribution is -0.177. The van der Waals surface area contributed by atoms with Crippen molar-refractivity contribution in [3.8, 4) is 0 Å². The second kappa shape index (κ2) is 21.4. The van der Waals surface area contributed by atoms with Crippen LogP contribution in [0.4, 0.5) is 19.0 Å². The van der Waals surface area contributed by atoms with Crippen LogP contribution in [-0.4, -0.2) is 77.2 Å². The molecule has 0 radical (unpaired) electrons. The molecule has 0 saturated carbocycles. The number of hydrogen-bond donors (Lipinski definition) is 2. The first kappa shape index (κ1) is 44.6. The molecule has 4 rings (SSSR count). The van der Waals surface area contributed by atoms with Crippen molar-refractivity contribution in [1.29, 1.82) is 0 Å². The molecule has 2 N–H and O–H groups in total. The summed E-state index contributed by atoms with van der Waals surface area (Å²) in [6, 6.07) is 8.48. The fourth-order valence-corrected chi connectivity index (χ4v) is 7.97. The lowest BCUT2D eigenvalue weighted by Gasteiger charge is -2.32. The SMILES string of the molecule is CCCCCCCCCCCCCC[C@H]1OC(C)(C)O[C@H]1[C@H](COP1(=O)COC(Cn2ccc(NC(=O)c3ccccc3)nc2=O)CO1)NC(=O)C(F)(F)F. The van der Waals surface area contributed by atoms with Gasteiger partial charge in [0.2, 0.25) is 0 Å². The van der Waals surface area contributed by atoms with Crippen LogP contribution < -0.4 is 16.3 Å². The van der Waals surface area contributed by atoms with Gasteiger partial charge in [-0.1, -0.05) is 102 Å². The van der Waals surface area contributed by atoms with Crippen molar-refractivity contribution in [2.45, 2.75) is 147 Å². The predicted octanol–water partition coefficient (Wildman–Crippen LogP) is 7.74. The van der Waals surface area contributed by atoms with E-state index < -0.39 is 74.4 Å². The predicted molar refractivity (Wildman–Crippen MR) is 200 cm³/mol. The van der Waals surface area contributed by atoms with Gasteiger partial charge in [0.1, 0.15) is 24.4 Å². The van der Waals surface area contributed by atoms with Crippen molar-refractivity contribution in [3.05, 3.63) is 58.6 Å². The van der Waals surface area contributed by atoms with E-state index in [9.17, 15) is 32.1 Å². The number of anilines is 1. The van der Waals surface area contributed by atoms with E-state index in [2.05, 4.69) is 17.2 Å². The molecule has 2 aliphatic rings. The van der Waals surface area contributed by atoms with Gasteiger partial charge in [-0.05, 0) is 38.5 Å². The Kier molecular flexibility index (Phi) is 17.3. The highest BCUT2D eigenvalue weighted by molar-refractivity contribution is 7.53. The number of nitrogens with one attached hydrogen (secondary N) is 2. The largest absolute Gasteiger partial charge is 0.471 e. The third kappa shape index (κ3) is 15.0. The Hall–Kier alpha value is -3.14. The van der Waals surface area contributed by atoms with Crippen molar-refractivity contribution in [2.75, 3.05) is 24.9 Å². The molecule has 3 heterocycles. The average molecular weight is 801 g/mol. The van der Waals surface area contributed by atoms with E-state index in [0.717, 1.165) is 25.7 Å². The van der Waals surface area contributed by atoms with Gasteiger partial charge in [-0.2, -0.15) is 18.2 Å². The van der Waals surface area contributed by atoms with E-state index in [4.69, 9.17) is 23.3 Å². The molecule has 55 heavy (non-hydrogen) atoms. The first-order valence-corrected chi connectivity index (χ1v) is 21.1. The van der Waals surface area contributed by atoms with Gasteiger partial charge in [-0.3, -0.25) is 18.7 Å². The number of rotatable bonds is 22. The number of unbranched alkanes of at least 4 members (excludes halogenated alkanes) is 11. The number of ether oxygens (including phenoxy) is 3. The monoisotopic (exact) mass is 800 g/mol. The maximum absolute atomic E-state index is 13.5. The molecule has 2 amide bonds. The van der Waals surface area contributed by atoms with Crippen LogP contribution in [-0.2, 0) is 39.2 Å². The van der Waals surface area contributed by atoms with E-state index in [1.807, 2.05) is 5.32 Å². The third-order valence-corrected chi connectivity index (χ3v) is 11.0. The van der Waals surface area contributed by atoms with Crippen LogP contribution >= 0.6 is 7.60 Å². The highest BCUT2D eigenvalue weighted by Crippen LogP contribution is 2.51. The minimum absolute atomic E-state index is 0.0356. The molecule has 0 bridgehead atoms. The number of halogens is 3. The Morgan fingerprint density at radius 2 is 1.62 bits per heavy atom. The van der Waals surface area contributed by atoms with E-state index in [1.54, 1.807) is 44.2 Å². The van der Waals surface area contributed by atoms with E-state index in [0.29, 0.717) is 12.0 Å². The van der Waals surface area contributed by atoms with Gasteiger partial charge in [0.05, 0.1) is 31.9 Å². The fraction of sp³-hybridized carbons (Fsp3) is 0.684. The van der Waals surface area contributed by atoms with Crippen LogP contribution in [0.5, 0.6) is 0 Å². The summed E-state index contributed by atoms with van der Waals surface area (Å²) < 4.78 is 83.8. The van der Waals surface area contributed by atoms with Gasteiger partial charge in [-0.15, -0.1) is 0 Å². The number of nitrogens with zero attached hydrogens (tertiary/aromatic N) is 2. The molecule has 13 nitrogen and oxygen atoms in total. The molecule has 2 fully saturated rings. The number of carbonyl (C=O) groups excluding carboxylic acids is 2. The molecule has 1 aromatic carbocycles. The zero-order chi connectivity index (χ0) is 39.9. The van der Waals surface area contributed by atoms with E-state index in [-0.39, 0.29) is 19.0 Å². The van der Waals surface area contributed by atoms with Crippen molar-refractivity contribution < 1.29 is 50.6 Å². The number of alkyl halides is 3. The standard InChI is InChI=1S/C38H56F3N4O9P/c1-4-5-6-7-8-9-10-11-12-13-14-18-21-31-33(54-37(2,3)53-31)30(42-35(47)38(39,40)41)26-52-55(49)27-50-29(25-51-55)24-45-23-22-32(44-36(45)48)43-34(46)28-19-16-15-17-20-28/h15-17,19-20,22-23,29-31,33H,4-14,18,21,24-27H2,1-3H3,(H,42,47)(H,43,44,46,48)/t29?,30-,31+,33-,55?/m0/s1. The zero-order valence-corrected chi connectivity index (χ0v) is 32.9. The maximum atomic E-state index is 13.5. The Morgan fingerprint density at radius 1 is 0.982 bits per heavy atom. The van der Waals surface area contributed by atoms with Crippen LogP contribution in [0.2, 0.25) is 0 Å². The van der Waals surface area contributed by atoms with E-state index >= 15 is 0 Å². The third-order valence-electron chi connectivity index (χ3n) is 9.46. The Morgan fingerprint density at radius 3 is 2.20 bits per heavy atom. The Bertz CT molecular complexity index is 1600. The summed E-state index contributed by atoms with van der Waals surface area (Å²) in [5, 5.41) is 4.52. The summed E-state index contributed by atoms with van der Waals surface area (Å²) in [5.41, 5.74) is -0.285. The van der Waals surface area contributed by atoms with Crippen LogP contribution in [0.3, 0.4) is 0 Å². The highest BCUT2D eigenvalue weighted by atomic mass is 31.2. The smallest absolute Gasteiger partial charge is 0.361 e. The molecule has 0 aliphatic carbocycles. The molecule has 2 aliphatic heterocycles. The van der Waals surface area contributed by atoms with Crippen LogP contribution in [0.15, 0.2) is 47.4 Å². The lowest BCUT2D eigenvalue weighted by Crippen LogP contribution is -2.53. The van der Waals surface area contributed by atoms with Crippen molar-refractivity contribution in [3.63, 3.8) is 0 Å². The van der Waals surface area contributed by atoms with Gasteiger partial charge in [0, 0.05) is 11.8 Å². The summed E-state index contributed by atoms with van der Waals surface area (Å²) in [4.78, 5) is 41.1. The van der Waals surface area contributed by atoms with Gasteiger partial charge in [-0.25, -0.2) is 4.79 Å². The van der Waals surface area contributed by atoms with Gasteiger partial charge in [0.25, 0.3) is 5.91 Å². The molecule has 308 valence electrons. The quantitative estimate of drug-likeness (QED) is 0.0893. The molecular formula is C38H56F3N4O9P. The van der Waals surface area contributed by atoms with Gasteiger partial charge >= 0.3 is 25.4 Å². The molecule has 5 atom stereocenters. The van der Waals surface area contributed by atoms with Crippen LogP contribution in [0, 0.1) is 0 Å². The Labute approximate surface area is 320 Å². The molecule has 0 spiro atoms. The number of benzene rings is 1. The fourth-order valence-electron chi connectivity index (χ4n) is 6.57. The highest BCUT2D eigenvalue weighted by Gasteiger charge is 2.49. The number of carbonyl (C=O) groups is 2. The van der Waals surface area contributed by atoms with Crippen molar-refractivity contribution in [1.82, 2.24) is 14.9 Å². The normalized spacial score (nSPS) is 23.0. The summed E-state index contributed by atoms with van der Waals surface area (Å²) in [6.45, 7) is 4.55. The van der Waals surface area contributed by atoms with Gasteiger partial charge in [0.15, 0.2) is 5.79 Å². The zero-order valence-electron chi connectivity index (χ0n) is 32.0. The van der Waals surface area contributed by atoms with Crippen LogP contribution in [0.25, 0.3) is 0 Å². The molecule has 2 unspecified atom stereocenters. The number of hydrogen-bond acceptors (Lipinski definition) is 10. The van der Waals surface area contributed by atoms with Crippen molar-refractivity contribution >= 4 is 25.2 Å². The molecular weight excluding hydrogens is 744 g/mol. The first-order chi connectivity index (χ1) is 26.2. The molecule has 2 saturated heterocycles. The molecule has 17 heteroatoms. The number of amides is 2. The molecule has 2 aromatic rings. The summed E-state index contributed by atoms with van der Waals surface area (Å²) in [6.07, 6.45) is 7.56. The topological polar surface area (TPSA) is 156 Å². The van der Waals surface area contributed by atoms with Crippen LogP contribution in [0.1, 0.15) is 115 Å². The van der Waals surface area contributed by atoms with Gasteiger partial charge < -0.3 is 33.9 Å².